The van der Waals surface area contributed by atoms with Crippen molar-refractivity contribution in [2.75, 3.05) is 0 Å². The fourth-order valence-corrected chi connectivity index (χ4v) is 3.24. The van der Waals surface area contributed by atoms with Crippen LogP contribution in [0.25, 0.3) is 0 Å². The van der Waals surface area contributed by atoms with Crippen LogP contribution in [0.4, 0.5) is 0 Å². The Morgan fingerprint density at radius 2 is 1.06 bits per heavy atom. The molecule has 10 N–H and O–H groups in total. The normalized spacial score (nSPS) is 14.5. The van der Waals surface area contributed by atoms with Gasteiger partial charge in [0.1, 0.15) is 18.1 Å². The molecular weight excluding hydrogens is 460 g/mol. The molecule has 35 heavy (non-hydrogen) atoms. The van der Waals surface area contributed by atoms with Crippen LogP contribution in [0, 0.1) is 11.8 Å². The Morgan fingerprint density at radius 3 is 1.49 bits per heavy atom. The SMILES string of the molecule is CC(C)CC(N)C(=O)NC(CC(C)C)C(=O)NC(CCC(N)=O)C(=O)NC(CCC(N)=O)C(=O)O. The Morgan fingerprint density at radius 1 is 0.657 bits per heavy atom. The molecule has 0 aromatic carbocycles. The molecule has 200 valence electrons. The Kier molecular flexibility index (Phi) is 14.2. The summed E-state index contributed by atoms with van der Waals surface area (Å²) in [5.41, 5.74) is 16.1. The van der Waals surface area contributed by atoms with E-state index in [1.807, 2.05) is 27.7 Å². The lowest BCUT2D eigenvalue weighted by Crippen LogP contribution is -2.57. The average molecular weight is 501 g/mol. The van der Waals surface area contributed by atoms with Crippen molar-refractivity contribution in [1.82, 2.24) is 16.0 Å². The fourth-order valence-electron chi connectivity index (χ4n) is 3.24. The lowest BCUT2D eigenvalue weighted by Gasteiger charge is -2.26. The van der Waals surface area contributed by atoms with E-state index in [-0.39, 0.29) is 43.9 Å². The number of primary amides is 2. The van der Waals surface area contributed by atoms with Gasteiger partial charge in [-0.3, -0.25) is 24.0 Å². The van der Waals surface area contributed by atoms with Crippen molar-refractivity contribution < 1.29 is 33.9 Å². The monoisotopic (exact) mass is 500 g/mol. The summed E-state index contributed by atoms with van der Waals surface area (Å²) in [5, 5.41) is 16.7. The van der Waals surface area contributed by atoms with Gasteiger partial charge in [0, 0.05) is 12.8 Å². The molecule has 0 saturated carbocycles. The number of amides is 5. The molecule has 0 aliphatic carbocycles. The third-order valence-electron chi connectivity index (χ3n) is 5.01. The summed E-state index contributed by atoms with van der Waals surface area (Å²) in [5.74, 6) is -4.82. The number of carboxylic acids is 1. The number of carbonyl (C=O) groups excluding carboxylic acids is 5. The summed E-state index contributed by atoms with van der Waals surface area (Å²) in [4.78, 5) is 72.0. The maximum atomic E-state index is 13.0. The maximum absolute atomic E-state index is 13.0. The highest BCUT2D eigenvalue weighted by molar-refractivity contribution is 5.94. The molecule has 0 aliphatic rings. The lowest BCUT2D eigenvalue weighted by molar-refractivity contribution is -0.142. The molecule has 0 bridgehead atoms. The molecule has 4 atom stereocenters. The Balaban J connectivity index is 5.58. The summed E-state index contributed by atoms with van der Waals surface area (Å²) in [6.45, 7) is 7.49. The van der Waals surface area contributed by atoms with Gasteiger partial charge in [-0.15, -0.1) is 0 Å². The first-order valence-corrected chi connectivity index (χ1v) is 11.6. The second kappa shape index (κ2) is 15.6. The standard InChI is InChI=1S/C22H40N6O7/c1-11(2)9-13(23)19(31)28-16(10-12(3)4)21(33)26-14(5-7-17(24)29)20(32)27-15(22(34)35)6-8-18(25)30/h11-16H,5-10,23H2,1-4H3,(H2,24,29)(H2,25,30)(H,26,33)(H,27,32)(H,28,31)(H,34,35). The van der Waals surface area contributed by atoms with Gasteiger partial charge < -0.3 is 38.3 Å². The number of hydrogen-bond donors (Lipinski definition) is 7. The largest absolute Gasteiger partial charge is 0.480 e. The minimum absolute atomic E-state index is 0.00420. The highest BCUT2D eigenvalue weighted by Gasteiger charge is 2.31. The highest BCUT2D eigenvalue weighted by atomic mass is 16.4. The molecule has 5 amide bonds. The number of nitrogens with two attached hydrogens (primary N) is 3. The summed E-state index contributed by atoms with van der Waals surface area (Å²) >= 11 is 0. The molecule has 0 aliphatic heterocycles. The van der Waals surface area contributed by atoms with Crippen molar-refractivity contribution in [3.8, 4) is 0 Å². The Labute approximate surface area is 205 Å². The van der Waals surface area contributed by atoms with E-state index >= 15 is 0 Å². The molecule has 0 spiro atoms. The van der Waals surface area contributed by atoms with Gasteiger partial charge in [0.15, 0.2) is 0 Å². The number of carboxylic acid groups (broad SMARTS) is 1. The maximum Gasteiger partial charge on any atom is 0.326 e. The van der Waals surface area contributed by atoms with Gasteiger partial charge in [-0.25, -0.2) is 4.79 Å². The van der Waals surface area contributed by atoms with Crippen LogP contribution in [0.2, 0.25) is 0 Å². The van der Waals surface area contributed by atoms with E-state index in [2.05, 4.69) is 16.0 Å². The molecule has 0 saturated heterocycles. The Hall–Kier alpha value is -3.22. The number of nitrogens with one attached hydrogen (secondary N) is 3. The van der Waals surface area contributed by atoms with Crippen molar-refractivity contribution in [1.29, 1.82) is 0 Å². The van der Waals surface area contributed by atoms with Crippen LogP contribution in [0.3, 0.4) is 0 Å². The van der Waals surface area contributed by atoms with Gasteiger partial charge in [0.2, 0.25) is 29.5 Å². The van der Waals surface area contributed by atoms with Crippen LogP contribution in [0.15, 0.2) is 0 Å². The third-order valence-corrected chi connectivity index (χ3v) is 5.01. The second-order valence-corrected chi connectivity index (χ2v) is 9.40. The van der Waals surface area contributed by atoms with Gasteiger partial charge in [0.05, 0.1) is 6.04 Å². The molecule has 0 rings (SSSR count). The zero-order valence-corrected chi connectivity index (χ0v) is 20.8. The van der Waals surface area contributed by atoms with Crippen molar-refractivity contribution in [3.63, 3.8) is 0 Å². The summed E-state index contributed by atoms with van der Waals surface area (Å²) in [6.07, 6.45) is -0.358. The van der Waals surface area contributed by atoms with Crippen molar-refractivity contribution in [2.24, 2.45) is 29.0 Å². The fraction of sp³-hybridized carbons (Fsp3) is 0.727. The number of rotatable bonds is 17. The summed E-state index contributed by atoms with van der Waals surface area (Å²) in [7, 11) is 0. The molecule has 0 radical (unpaired) electrons. The van der Waals surface area contributed by atoms with Crippen LogP contribution in [-0.2, 0) is 28.8 Å². The average Bonchev–Trinajstić information content (AvgIpc) is 2.71. The van der Waals surface area contributed by atoms with Crippen LogP contribution >= 0.6 is 0 Å². The van der Waals surface area contributed by atoms with Crippen molar-refractivity contribution >= 4 is 35.5 Å². The zero-order chi connectivity index (χ0) is 27.3. The number of hydrogen-bond acceptors (Lipinski definition) is 7. The number of carbonyl (C=O) groups is 6. The van der Waals surface area contributed by atoms with Gasteiger partial charge in [0.25, 0.3) is 0 Å². The minimum Gasteiger partial charge on any atom is -0.480 e. The van der Waals surface area contributed by atoms with E-state index in [4.69, 9.17) is 17.2 Å². The van der Waals surface area contributed by atoms with Crippen LogP contribution < -0.4 is 33.2 Å². The van der Waals surface area contributed by atoms with Gasteiger partial charge in [-0.2, -0.15) is 0 Å². The molecule has 0 aromatic heterocycles. The van der Waals surface area contributed by atoms with E-state index < -0.39 is 59.7 Å². The smallest absolute Gasteiger partial charge is 0.326 e. The molecule has 0 fully saturated rings. The lowest BCUT2D eigenvalue weighted by atomic mass is 10.00. The molecule has 13 heteroatoms. The van der Waals surface area contributed by atoms with Crippen molar-refractivity contribution in [2.45, 2.75) is 90.4 Å². The van der Waals surface area contributed by atoms with Crippen LogP contribution in [-0.4, -0.2) is 64.8 Å². The first-order chi connectivity index (χ1) is 16.1. The van der Waals surface area contributed by atoms with Gasteiger partial charge in [-0.05, 0) is 37.5 Å². The third kappa shape index (κ3) is 13.9. The summed E-state index contributed by atoms with van der Waals surface area (Å²) < 4.78 is 0. The first kappa shape index (κ1) is 31.8. The van der Waals surface area contributed by atoms with Crippen molar-refractivity contribution in [3.05, 3.63) is 0 Å². The van der Waals surface area contributed by atoms with E-state index in [1.165, 1.54) is 0 Å². The Bertz CT molecular complexity index is 771. The van der Waals surface area contributed by atoms with E-state index in [0.717, 1.165) is 0 Å². The van der Waals surface area contributed by atoms with E-state index in [9.17, 15) is 33.9 Å². The van der Waals surface area contributed by atoms with Gasteiger partial charge >= 0.3 is 5.97 Å². The minimum atomic E-state index is -1.44. The highest BCUT2D eigenvalue weighted by Crippen LogP contribution is 2.09. The molecule has 4 unspecified atom stereocenters. The zero-order valence-electron chi connectivity index (χ0n) is 20.8. The van der Waals surface area contributed by atoms with Crippen LogP contribution in [0.5, 0.6) is 0 Å². The second-order valence-electron chi connectivity index (χ2n) is 9.40. The molecule has 0 heterocycles. The van der Waals surface area contributed by atoms with Gasteiger partial charge in [-0.1, -0.05) is 27.7 Å². The first-order valence-electron chi connectivity index (χ1n) is 11.6. The topological polar surface area (TPSA) is 237 Å². The quantitative estimate of drug-likeness (QED) is 0.123. The molecule has 13 nitrogen and oxygen atoms in total. The molecular formula is C22H40N6O7. The predicted octanol–water partition coefficient (Wildman–Crippen LogP) is -1.52. The van der Waals surface area contributed by atoms with E-state index in [1.54, 1.807) is 0 Å². The molecule has 0 aromatic rings. The van der Waals surface area contributed by atoms with E-state index in [0.29, 0.717) is 6.42 Å². The van der Waals surface area contributed by atoms with Crippen LogP contribution in [0.1, 0.15) is 66.2 Å². The predicted molar refractivity (Wildman–Crippen MR) is 127 cm³/mol. The number of aliphatic carboxylic acids is 1. The summed E-state index contributed by atoms with van der Waals surface area (Å²) in [6, 6.07) is -4.60.